The molecule has 0 heterocycles. The zero-order chi connectivity index (χ0) is 21.1. The first-order chi connectivity index (χ1) is 14.1. The predicted molar refractivity (Wildman–Crippen MR) is 123 cm³/mol. The molecule has 2 rings (SSSR count). The number of carbonyl (C=O) groups excluding carboxylic acids is 2. The van der Waals surface area contributed by atoms with Gasteiger partial charge >= 0.3 is 0 Å². The van der Waals surface area contributed by atoms with Crippen LogP contribution in [0.2, 0.25) is 0 Å². The molecular weight excluding hydrogens is 402 g/mol. The first-order valence-corrected chi connectivity index (χ1v) is 12.3. The van der Waals surface area contributed by atoms with E-state index in [1.165, 1.54) is 4.90 Å². The van der Waals surface area contributed by atoms with E-state index in [0.717, 1.165) is 17.7 Å². The van der Waals surface area contributed by atoms with E-state index in [0.29, 0.717) is 12.1 Å². The fourth-order valence-corrected chi connectivity index (χ4v) is 4.00. The standard InChI is InChI=1S/C23H29NO3S2/c1-28-15-14-20(17-25)24(16-18-8-10-21(29-2)11-9-18)23(27)13-12-22(26)19-6-4-3-5-7-19/h3-11,20,25H,12-17H2,1-2H3/t20-/m0/s1. The number of nitrogens with zero attached hydrogens (tertiary/aromatic N) is 1. The molecule has 0 bridgehead atoms. The van der Waals surface area contributed by atoms with Crippen LogP contribution < -0.4 is 0 Å². The summed E-state index contributed by atoms with van der Waals surface area (Å²) in [6.07, 6.45) is 5.08. The maximum Gasteiger partial charge on any atom is 0.223 e. The van der Waals surface area contributed by atoms with Crippen LogP contribution in [0.25, 0.3) is 0 Å². The van der Waals surface area contributed by atoms with Crippen LogP contribution in [0.15, 0.2) is 59.5 Å². The van der Waals surface area contributed by atoms with Crippen LogP contribution in [0.4, 0.5) is 0 Å². The summed E-state index contributed by atoms with van der Waals surface area (Å²) < 4.78 is 0. The number of rotatable bonds is 12. The van der Waals surface area contributed by atoms with Gasteiger partial charge in [-0.1, -0.05) is 42.5 Å². The van der Waals surface area contributed by atoms with Crippen LogP contribution >= 0.6 is 23.5 Å². The lowest BCUT2D eigenvalue weighted by Gasteiger charge is -2.31. The van der Waals surface area contributed by atoms with Crippen LogP contribution in [-0.2, 0) is 11.3 Å². The number of amides is 1. The molecule has 1 atom stereocenters. The van der Waals surface area contributed by atoms with E-state index in [2.05, 4.69) is 0 Å². The molecule has 29 heavy (non-hydrogen) atoms. The second kappa shape index (κ2) is 12.7. The highest BCUT2D eigenvalue weighted by atomic mass is 32.2. The highest BCUT2D eigenvalue weighted by Crippen LogP contribution is 2.19. The molecule has 0 unspecified atom stereocenters. The smallest absolute Gasteiger partial charge is 0.223 e. The fourth-order valence-electron chi connectivity index (χ4n) is 3.08. The Labute approximate surface area is 182 Å². The molecule has 0 aromatic heterocycles. The third-order valence-corrected chi connectivity index (χ3v) is 6.19. The van der Waals surface area contributed by atoms with Gasteiger partial charge in [-0.25, -0.2) is 0 Å². The molecule has 1 N–H and O–H groups in total. The number of hydrogen-bond acceptors (Lipinski definition) is 5. The van der Waals surface area contributed by atoms with Crippen molar-refractivity contribution in [2.45, 2.75) is 36.7 Å². The van der Waals surface area contributed by atoms with E-state index in [4.69, 9.17) is 0 Å². The molecule has 0 aliphatic carbocycles. The molecule has 156 valence electrons. The number of ketones is 1. The van der Waals surface area contributed by atoms with Crippen molar-refractivity contribution in [3.63, 3.8) is 0 Å². The van der Waals surface area contributed by atoms with Crippen LogP contribution in [-0.4, -0.2) is 52.6 Å². The fraction of sp³-hybridized carbons (Fsp3) is 0.391. The highest BCUT2D eigenvalue weighted by Gasteiger charge is 2.24. The molecule has 2 aromatic carbocycles. The van der Waals surface area contributed by atoms with Crippen molar-refractivity contribution < 1.29 is 14.7 Å². The van der Waals surface area contributed by atoms with Crippen LogP contribution in [0.3, 0.4) is 0 Å². The first-order valence-electron chi connectivity index (χ1n) is 9.69. The van der Waals surface area contributed by atoms with Gasteiger partial charge in [-0.05, 0) is 42.4 Å². The Morgan fingerprint density at radius 3 is 2.28 bits per heavy atom. The number of carbonyl (C=O) groups is 2. The van der Waals surface area contributed by atoms with E-state index < -0.39 is 0 Å². The Hall–Kier alpha value is -1.76. The lowest BCUT2D eigenvalue weighted by molar-refractivity contribution is -0.135. The van der Waals surface area contributed by atoms with Crippen LogP contribution in [0.5, 0.6) is 0 Å². The summed E-state index contributed by atoms with van der Waals surface area (Å²) in [7, 11) is 0. The lowest BCUT2D eigenvalue weighted by Crippen LogP contribution is -2.42. The van der Waals surface area contributed by atoms with E-state index >= 15 is 0 Å². The summed E-state index contributed by atoms with van der Waals surface area (Å²) in [6, 6.07) is 16.9. The molecule has 0 radical (unpaired) electrons. The average Bonchev–Trinajstić information content (AvgIpc) is 2.77. The monoisotopic (exact) mass is 431 g/mol. The molecular formula is C23H29NO3S2. The summed E-state index contributed by atoms with van der Waals surface area (Å²) in [5.41, 5.74) is 1.65. The maximum atomic E-state index is 13.0. The topological polar surface area (TPSA) is 57.6 Å². The summed E-state index contributed by atoms with van der Waals surface area (Å²) in [6.45, 7) is 0.356. The van der Waals surface area contributed by atoms with E-state index in [1.807, 2.05) is 55.0 Å². The van der Waals surface area contributed by atoms with Gasteiger partial charge in [0.05, 0.1) is 12.6 Å². The number of aliphatic hydroxyl groups is 1. The van der Waals surface area contributed by atoms with Gasteiger partial charge in [0.1, 0.15) is 0 Å². The molecule has 2 aromatic rings. The molecule has 1 amide bonds. The Kier molecular flexibility index (Phi) is 10.3. The van der Waals surface area contributed by atoms with Gasteiger partial charge in [0.15, 0.2) is 5.78 Å². The molecule has 4 nitrogen and oxygen atoms in total. The Morgan fingerprint density at radius 1 is 1.00 bits per heavy atom. The van der Waals surface area contributed by atoms with Gasteiger partial charge in [-0.15, -0.1) is 11.8 Å². The molecule has 0 aliphatic heterocycles. The quantitative estimate of drug-likeness (QED) is 0.396. The largest absolute Gasteiger partial charge is 0.394 e. The summed E-state index contributed by atoms with van der Waals surface area (Å²) in [4.78, 5) is 28.3. The van der Waals surface area contributed by atoms with Crippen LogP contribution in [0, 0.1) is 0 Å². The lowest BCUT2D eigenvalue weighted by atomic mass is 10.0. The number of Topliss-reactive ketones (excluding diaryl/α,β-unsaturated/α-hetero) is 1. The van der Waals surface area contributed by atoms with Crippen molar-refractivity contribution in [1.82, 2.24) is 4.90 Å². The van der Waals surface area contributed by atoms with Gasteiger partial charge in [-0.3, -0.25) is 9.59 Å². The van der Waals surface area contributed by atoms with Crippen LogP contribution in [0.1, 0.15) is 35.2 Å². The SMILES string of the molecule is CSCC[C@@H](CO)N(Cc1ccc(SC)cc1)C(=O)CCC(=O)c1ccccc1. The minimum Gasteiger partial charge on any atom is -0.394 e. The van der Waals surface area contributed by atoms with Crippen molar-refractivity contribution in [3.8, 4) is 0 Å². The summed E-state index contributed by atoms with van der Waals surface area (Å²) in [5.74, 6) is 0.736. The first kappa shape index (κ1) is 23.5. The van der Waals surface area contributed by atoms with Gasteiger partial charge < -0.3 is 10.0 Å². The second-order valence-electron chi connectivity index (χ2n) is 6.78. The summed E-state index contributed by atoms with van der Waals surface area (Å²) in [5, 5.41) is 9.91. The second-order valence-corrected chi connectivity index (χ2v) is 8.64. The van der Waals surface area contributed by atoms with Crippen molar-refractivity contribution in [2.75, 3.05) is 24.9 Å². The number of thioether (sulfide) groups is 2. The Bertz CT molecular complexity index is 765. The summed E-state index contributed by atoms with van der Waals surface area (Å²) >= 11 is 3.37. The van der Waals surface area contributed by atoms with Gasteiger partial charge in [0, 0.05) is 29.8 Å². The van der Waals surface area contributed by atoms with E-state index in [9.17, 15) is 14.7 Å². The normalized spacial score (nSPS) is 11.8. The number of benzene rings is 2. The van der Waals surface area contributed by atoms with E-state index in [1.54, 1.807) is 40.6 Å². The van der Waals surface area contributed by atoms with Crippen molar-refractivity contribution >= 4 is 35.2 Å². The highest BCUT2D eigenvalue weighted by molar-refractivity contribution is 7.98. The Balaban J connectivity index is 2.09. The molecule has 0 saturated heterocycles. The molecule has 0 aliphatic rings. The molecule has 6 heteroatoms. The maximum absolute atomic E-state index is 13.0. The molecule has 0 saturated carbocycles. The third-order valence-electron chi connectivity index (χ3n) is 4.80. The Morgan fingerprint density at radius 2 is 1.69 bits per heavy atom. The van der Waals surface area contributed by atoms with Crippen molar-refractivity contribution in [2.24, 2.45) is 0 Å². The third kappa shape index (κ3) is 7.53. The average molecular weight is 432 g/mol. The number of aliphatic hydroxyl groups excluding tert-OH is 1. The van der Waals surface area contributed by atoms with Crippen molar-refractivity contribution in [3.05, 3.63) is 65.7 Å². The predicted octanol–water partition coefficient (Wildman–Crippen LogP) is 4.51. The van der Waals surface area contributed by atoms with Gasteiger partial charge in [0.2, 0.25) is 5.91 Å². The van der Waals surface area contributed by atoms with Gasteiger partial charge in [-0.2, -0.15) is 11.8 Å². The number of hydrogen-bond donors (Lipinski definition) is 1. The minimum absolute atomic E-state index is 0.0344. The minimum atomic E-state index is -0.248. The van der Waals surface area contributed by atoms with E-state index in [-0.39, 0.29) is 37.2 Å². The molecule has 0 fully saturated rings. The molecule has 0 spiro atoms. The van der Waals surface area contributed by atoms with Crippen molar-refractivity contribution in [1.29, 1.82) is 0 Å². The van der Waals surface area contributed by atoms with Gasteiger partial charge in [0.25, 0.3) is 0 Å². The zero-order valence-corrected chi connectivity index (χ0v) is 18.7. The zero-order valence-electron chi connectivity index (χ0n) is 17.0.